The number of aromatic nitrogens is 2. The van der Waals surface area contributed by atoms with Crippen LogP contribution in [0, 0.1) is 0 Å². The van der Waals surface area contributed by atoms with E-state index in [1.807, 2.05) is 6.92 Å². The highest BCUT2D eigenvalue weighted by Crippen LogP contribution is 2.30. The Hall–Kier alpha value is -1.99. The average Bonchev–Trinajstić information content (AvgIpc) is 3.16. The predicted molar refractivity (Wildman–Crippen MR) is 90.3 cm³/mol. The molecule has 120 valence electrons. The third-order valence-corrected chi connectivity index (χ3v) is 4.86. The highest BCUT2D eigenvalue weighted by molar-refractivity contribution is 7.15. The number of nitrogens with one attached hydrogen (secondary N) is 1. The summed E-state index contributed by atoms with van der Waals surface area (Å²) in [6, 6.07) is 4.90. The van der Waals surface area contributed by atoms with E-state index < -0.39 is 0 Å². The number of aryl methyl sites for hydroxylation is 1. The highest BCUT2D eigenvalue weighted by Gasteiger charge is 2.24. The summed E-state index contributed by atoms with van der Waals surface area (Å²) >= 11 is 7.53. The molecule has 1 aromatic heterocycles. The van der Waals surface area contributed by atoms with E-state index in [0.29, 0.717) is 34.4 Å². The molecule has 0 spiro atoms. The molecule has 0 aliphatic carbocycles. The molecule has 1 aliphatic heterocycles. The normalized spacial score (nSPS) is 14.3. The van der Waals surface area contributed by atoms with Gasteiger partial charge in [-0.15, -0.1) is 10.2 Å². The molecule has 0 saturated carbocycles. The van der Waals surface area contributed by atoms with Crippen LogP contribution in [0.25, 0.3) is 0 Å². The van der Waals surface area contributed by atoms with Gasteiger partial charge in [-0.25, -0.2) is 0 Å². The number of anilines is 2. The zero-order valence-electron chi connectivity index (χ0n) is 12.5. The lowest BCUT2D eigenvalue weighted by molar-refractivity contribution is -0.117. The lowest BCUT2D eigenvalue weighted by atomic mass is 10.1. The number of carbonyl (C=O) groups is 2. The fourth-order valence-electron chi connectivity index (χ4n) is 2.38. The lowest BCUT2D eigenvalue weighted by Gasteiger charge is -2.18. The molecule has 1 N–H and O–H groups in total. The number of rotatable bonds is 4. The molecule has 0 atom stereocenters. The second-order valence-corrected chi connectivity index (χ2v) is 6.59. The maximum atomic E-state index is 12.4. The first-order valence-electron chi connectivity index (χ1n) is 7.32. The zero-order chi connectivity index (χ0) is 16.4. The molecular weight excluding hydrogens is 336 g/mol. The van der Waals surface area contributed by atoms with Gasteiger partial charge in [-0.2, -0.15) is 0 Å². The Morgan fingerprint density at radius 3 is 2.91 bits per heavy atom. The largest absolute Gasteiger partial charge is 0.311 e. The predicted octanol–water partition coefficient (Wildman–Crippen LogP) is 3.13. The van der Waals surface area contributed by atoms with Gasteiger partial charge in [0.05, 0.1) is 10.7 Å². The third kappa shape index (κ3) is 3.35. The zero-order valence-corrected chi connectivity index (χ0v) is 14.1. The van der Waals surface area contributed by atoms with Crippen molar-refractivity contribution in [2.75, 3.05) is 16.8 Å². The molecule has 3 rings (SSSR count). The molecule has 2 amide bonds. The average molecular weight is 351 g/mol. The van der Waals surface area contributed by atoms with Crippen LogP contribution in [0.5, 0.6) is 0 Å². The topological polar surface area (TPSA) is 75.2 Å². The molecule has 0 unspecified atom stereocenters. The Morgan fingerprint density at radius 2 is 2.26 bits per heavy atom. The van der Waals surface area contributed by atoms with E-state index in [-0.39, 0.29) is 11.8 Å². The third-order valence-electron chi connectivity index (χ3n) is 3.56. The molecule has 1 saturated heterocycles. The van der Waals surface area contributed by atoms with Crippen molar-refractivity contribution in [3.8, 4) is 0 Å². The summed E-state index contributed by atoms with van der Waals surface area (Å²) < 4.78 is 0. The van der Waals surface area contributed by atoms with E-state index in [4.69, 9.17) is 11.6 Å². The molecule has 8 heteroatoms. The van der Waals surface area contributed by atoms with Gasteiger partial charge in [-0.05, 0) is 31.0 Å². The number of carbonyl (C=O) groups excluding carboxylic acids is 2. The molecule has 1 aliphatic rings. The van der Waals surface area contributed by atoms with Crippen molar-refractivity contribution in [1.82, 2.24) is 10.2 Å². The number of hydrogen-bond donors (Lipinski definition) is 1. The second-order valence-electron chi connectivity index (χ2n) is 5.12. The molecular formula is C15H15ClN4O2S. The molecule has 23 heavy (non-hydrogen) atoms. The smallest absolute Gasteiger partial charge is 0.257 e. The van der Waals surface area contributed by atoms with Crippen molar-refractivity contribution in [3.05, 3.63) is 33.8 Å². The van der Waals surface area contributed by atoms with Gasteiger partial charge in [-0.3, -0.25) is 14.9 Å². The maximum Gasteiger partial charge on any atom is 0.257 e. The molecule has 6 nitrogen and oxygen atoms in total. The first-order chi connectivity index (χ1) is 11.1. The molecule has 0 radical (unpaired) electrons. The van der Waals surface area contributed by atoms with E-state index in [9.17, 15) is 9.59 Å². The van der Waals surface area contributed by atoms with Crippen LogP contribution in [0.1, 0.15) is 35.1 Å². The van der Waals surface area contributed by atoms with Gasteiger partial charge in [0.1, 0.15) is 5.01 Å². The van der Waals surface area contributed by atoms with Crippen molar-refractivity contribution in [3.63, 3.8) is 0 Å². The molecule has 1 fully saturated rings. The summed E-state index contributed by atoms with van der Waals surface area (Å²) in [6.45, 7) is 2.60. The molecule has 0 bridgehead atoms. The van der Waals surface area contributed by atoms with Crippen LogP contribution in [0.2, 0.25) is 5.02 Å². The second kappa shape index (κ2) is 6.64. The van der Waals surface area contributed by atoms with Crippen molar-refractivity contribution >= 4 is 45.6 Å². The van der Waals surface area contributed by atoms with E-state index >= 15 is 0 Å². The van der Waals surface area contributed by atoms with Gasteiger partial charge >= 0.3 is 0 Å². The minimum atomic E-state index is -0.298. The first-order valence-corrected chi connectivity index (χ1v) is 8.51. The van der Waals surface area contributed by atoms with Crippen LogP contribution in [0.15, 0.2) is 18.2 Å². The summed E-state index contributed by atoms with van der Waals surface area (Å²) in [6.07, 6.45) is 2.09. The molecule has 2 aromatic rings. The standard InChI is InChI=1S/C15H15ClN4O2S/c1-2-12-18-19-15(23-12)17-14(22)9-5-6-10(16)11(8-9)20-7-3-4-13(20)21/h5-6,8H,2-4,7H2,1H3,(H,17,19,22). The number of benzene rings is 1. The first kappa shape index (κ1) is 15.9. The van der Waals surface area contributed by atoms with Gasteiger partial charge in [0.2, 0.25) is 11.0 Å². The van der Waals surface area contributed by atoms with E-state index in [0.717, 1.165) is 17.8 Å². The van der Waals surface area contributed by atoms with Gasteiger partial charge in [0, 0.05) is 18.5 Å². The van der Waals surface area contributed by atoms with Gasteiger partial charge in [-0.1, -0.05) is 29.9 Å². The Morgan fingerprint density at radius 1 is 1.43 bits per heavy atom. The fraction of sp³-hybridized carbons (Fsp3) is 0.333. The van der Waals surface area contributed by atoms with Crippen LogP contribution in [0.3, 0.4) is 0 Å². The van der Waals surface area contributed by atoms with Gasteiger partial charge in [0.25, 0.3) is 5.91 Å². The van der Waals surface area contributed by atoms with E-state index in [1.165, 1.54) is 11.3 Å². The summed E-state index contributed by atoms with van der Waals surface area (Å²) in [5.41, 5.74) is 1.01. The maximum absolute atomic E-state index is 12.4. The summed E-state index contributed by atoms with van der Waals surface area (Å²) in [7, 11) is 0. The SMILES string of the molecule is CCc1nnc(NC(=O)c2ccc(Cl)c(N3CCCC3=O)c2)s1. The summed E-state index contributed by atoms with van der Waals surface area (Å²) in [5.74, 6) is -0.269. The number of hydrogen-bond acceptors (Lipinski definition) is 5. The van der Waals surface area contributed by atoms with Gasteiger partial charge in [0.15, 0.2) is 0 Å². The van der Waals surface area contributed by atoms with Crippen LogP contribution in [0.4, 0.5) is 10.8 Å². The summed E-state index contributed by atoms with van der Waals surface area (Å²) in [4.78, 5) is 25.9. The van der Waals surface area contributed by atoms with Crippen molar-refractivity contribution < 1.29 is 9.59 Å². The van der Waals surface area contributed by atoms with Crippen molar-refractivity contribution in [2.24, 2.45) is 0 Å². The van der Waals surface area contributed by atoms with E-state index in [2.05, 4.69) is 15.5 Å². The van der Waals surface area contributed by atoms with Crippen molar-refractivity contribution in [2.45, 2.75) is 26.2 Å². The summed E-state index contributed by atoms with van der Waals surface area (Å²) in [5, 5.41) is 12.4. The number of amides is 2. The Bertz CT molecular complexity index is 762. The highest BCUT2D eigenvalue weighted by atomic mass is 35.5. The Kier molecular flexibility index (Phi) is 4.58. The van der Waals surface area contributed by atoms with Crippen LogP contribution < -0.4 is 10.2 Å². The minimum Gasteiger partial charge on any atom is -0.311 e. The van der Waals surface area contributed by atoms with E-state index in [1.54, 1.807) is 23.1 Å². The monoisotopic (exact) mass is 350 g/mol. The van der Waals surface area contributed by atoms with Gasteiger partial charge < -0.3 is 4.90 Å². The fourth-order valence-corrected chi connectivity index (χ4v) is 3.27. The van der Waals surface area contributed by atoms with Crippen LogP contribution >= 0.6 is 22.9 Å². The molecule has 1 aromatic carbocycles. The molecule has 2 heterocycles. The Balaban J connectivity index is 1.82. The Labute approximate surface area is 142 Å². The number of halogens is 1. The quantitative estimate of drug-likeness (QED) is 0.919. The van der Waals surface area contributed by atoms with Crippen LogP contribution in [-0.2, 0) is 11.2 Å². The van der Waals surface area contributed by atoms with Crippen LogP contribution in [-0.4, -0.2) is 28.6 Å². The minimum absolute atomic E-state index is 0.0289. The lowest BCUT2D eigenvalue weighted by Crippen LogP contribution is -2.24. The number of nitrogens with zero attached hydrogens (tertiary/aromatic N) is 3. The van der Waals surface area contributed by atoms with Crippen molar-refractivity contribution in [1.29, 1.82) is 0 Å².